The number of anilines is 2. The molecule has 22 heavy (non-hydrogen) atoms. The molecule has 0 fully saturated rings. The van der Waals surface area contributed by atoms with Crippen molar-refractivity contribution in [2.75, 3.05) is 22.4 Å². The molecule has 0 heterocycles. The molecule has 1 aromatic rings. The number of hydrogen-bond donors (Lipinski definition) is 2. The summed E-state index contributed by atoms with van der Waals surface area (Å²) in [5.74, 6) is -0.601. The summed E-state index contributed by atoms with van der Waals surface area (Å²) in [7, 11) is -3.60. The lowest BCUT2D eigenvalue weighted by molar-refractivity contribution is -0.120. The first-order valence-corrected chi connectivity index (χ1v) is 8.59. The van der Waals surface area contributed by atoms with E-state index in [1.165, 1.54) is 19.1 Å². The van der Waals surface area contributed by atoms with Gasteiger partial charge in [-0.2, -0.15) is 0 Å². The Labute approximate surface area is 130 Å². The molecule has 0 bridgehead atoms. The highest BCUT2D eigenvalue weighted by Gasteiger charge is 2.21. The second-order valence-electron chi connectivity index (χ2n) is 5.22. The number of carbonyl (C=O) groups is 2. The molecular weight excluding hydrogens is 306 g/mol. The largest absolute Gasteiger partial charge is 0.352 e. The summed E-state index contributed by atoms with van der Waals surface area (Å²) in [6.07, 6.45) is 1.04. The minimum atomic E-state index is -3.60. The number of carbonyl (C=O) groups excluding carboxylic acids is 2. The summed E-state index contributed by atoms with van der Waals surface area (Å²) in [4.78, 5) is 22.8. The van der Waals surface area contributed by atoms with Crippen molar-refractivity contribution in [1.29, 1.82) is 0 Å². The maximum absolute atomic E-state index is 11.9. The first kappa shape index (κ1) is 18.0. The van der Waals surface area contributed by atoms with Crippen LogP contribution >= 0.6 is 0 Å². The van der Waals surface area contributed by atoms with Gasteiger partial charge < -0.3 is 10.6 Å². The minimum absolute atomic E-state index is 0.0731. The van der Waals surface area contributed by atoms with Crippen molar-refractivity contribution >= 4 is 33.2 Å². The summed E-state index contributed by atoms with van der Waals surface area (Å²) in [6.45, 7) is 4.68. The summed E-state index contributed by atoms with van der Waals surface area (Å²) in [5, 5.41) is 5.24. The van der Waals surface area contributed by atoms with E-state index < -0.39 is 10.0 Å². The molecule has 0 radical (unpaired) electrons. The second kappa shape index (κ2) is 7.26. The van der Waals surface area contributed by atoms with E-state index in [2.05, 4.69) is 10.6 Å². The van der Waals surface area contributed by atoms with Crippen LogP contribution < -0.4 is 14.9 Å². The van der Waals surface area contributed by atoms with Gasteiger partial charge in [0.15, 0.2) is 0 Å². The van der Waals surface area contributed by atoms with Crippen molar-refractivity contribution in [3.63, 3.8) is 0 Å². The van der Waals surface area contributed by atoms with Gasteiger partial charge in [-0.05, 0) is 38.1 Å². The smallest absolute Gasteiger partial charge is 0.240 e. The normalized spacial score (nSPS) is 11.1. The van der Waals surface area contributed by atoms with Crippen LogP contribution in [0.25, 0.3) is 0 Å². The van der Waals surface area contributed by atoms with Gasteiger partial charge in [-0.3, -0.25) is 13.9 Å². The van der Waals surface area contributed by atoms with E-state index in [9.17, 15) is 18.0 Å². The molecule has 122 valence electrons. The van der Waals surface area contributed by atoms with E-state index in [-0.39, 0.29) is 24.4 Å². The van der Waals surface area contributed by atoms with E-state index in [4.69, 9.17) is 0 Å². The van der Waals surface area contributed by atoms with Crippen molar-refractivity contribution in [1.82, 2.24) is 5.32 Å². The van der Waals surface area contributed by atoms with Crippen molar-refractivity contribution in [2.24, 2.45) is 0 Å². The Kier molecular flexibility index (Phi) is 5.92. The fourth-order valence-electron chi connectivity index (χ4n) is 1.81. The van der Waals surface area contributed by atoms with E-state index in [0.29, 0.717) is 11.4 Å². The predicted octanol–water partition coefficient (Wildman–Crippen LogP) is 0.936. The molecule has 0 aromatic heterocycles. The van der Waals surface area contributed by atoms with Crippen LogP contribution in [0.5, 0.6) is 0 Å². The lowest BCUT2D eigenvalue weighted by Gasteiger charge is -2.22. The van der Waals surface area contributed by atoms with Gasteiger partial charge >= 0.3 is 0 Å². The monoisotopic (exact) mass is 327 g/mol. The van der Waals surface area contributed by atoms with Crippen LogP contribution in [0.2, 0.25) is 0 Å². The molecule has 0 aliphatic carbocycles. The van der Waals surface area contributed by atoms with Gasteiger partial charge in [0.25, 0.3) is 0 Å². The Hall–Kier alpha value is -2.09. The SMILES string of the molecule is CC(=O)Nc1ccc(N(CC(=O)NC(C)C)S(C)(=O)=O)cc1. The molecule has 0 saturated carbocycles. The molecule has 0 saturated heterocycles. The molecule has 1 aromatic carbocycles. The Bertz CT molecular complexity index is 639. The van der Waals surface area contributed by atoms with Crippen LogP contribution in [-0.2, 0) is 19.6 Å². The molecule has 0 aliphatic rings. The molecule has 7 nitrogen and oxygen atoms in total. The van der Waals surface area contributed by atoms with Crippen molar-refractivity contribution in [3.8, 4) is 0 Å². The number of amides is 2. The second-order valence-corrected chi connectivity index (χ2v) is 7.13. The maximum atomic E-state index is 11.9. The molecule has 2 amide bonds. The fourth-order valence-corrected chi connectivity index (χ4v) is 2.67. The molecule has 8 heteroatoms. The number of nitrogens with zero attached hydrogens (tertiary/aromatic N) is 1. The van der Waals surface area contributed by atoms with Gasteiger partial charge in [0.2, 0.25) is 21.8 Å². The third kappa shape index (κ3) is 5.72. The highest BCUT2D eigenvalue weighted by molar-refractivity contribution is 7.92. The zero-order valence-electron chi connectivity index (χ0n) is 13.1. The highest BCUT2D eigenvalue weighted by Crippen LogP contribution is 2.20. The molecule has 0 unspecified atom stereocenters. The quantitative estimate of drug-likeness (QED) is 0.812. The minimum Gasteiger partial charge on any atom is -0.352 e. The summed E-state index contributed by atoms with van der Waals surface area (Å²) < 4.78 is 24.8. The van der Waals surface area contributed by atoms with Crippen LogP contribution in [0.1, 0.15) is 20.8 Å². The number of nitrogens with one attached hydrogen (secondary N) is 2. The zero-order chi connectivity index (χ0) is 16.9. The van der Waals surface area contributed by atoms with Gasteiger partial charge in [0.1, 0.15) is 6.54 Å². The summed E-state index contributed by atoms with van der Waals surface area (Å²) >= 11 is 0. The number of sulfonamides is 1. The van der Waals surface area contributed by atoms with Crippen LogP contribution in [0.3, 0.4) is 0 Å². The third-order valence-electron chi connectivity index (χ3n) is 2.61. The molecule has 0 aliphatic heterocycles. The highest BCUT2D eigenvalue weighted by atomic mass is 32.2. The first-order chi connectivity index (χ1) is 10.1. The standard InChI is InChI=1S/C14H21N3O4S/c1-10(2)15-14(19)9-17(22(4,20)21)13-7-5-12(6-8-13)16-11(3)18/h5-8,10H,9H2,1-4H3,(H,15,19)(H,16,18). The van der Waals surface area contributed by atoms with Crippen LogP contribution in [0.15, 0.2) is 24.3 Å². The van der Waals surface area contributed by atoms with E-state index in [1.807, 2.05) is 0 Å². The zero-order valence-corrected chi connectivity index (χ0v) is 13.9. The molecule has 2 N–H and O–H groups in total. The van der Waals surface area contributed by atoms with Crippen molar-refractivity contribution in [3.05, 3.63) is 24.3 Å². The summed E-state index contributed by atoms with van der Waals surface area (Å²) in [5.41, 5.74) is 0.909. The predicted molar refractivity (Wildman–Crippen MR) is 86.2 cm³/mol. The lowest BCUT2D eigenvalue weighted by Crippen LogP contribution is -2.42. The average molecular weight is 327 g/mol. The first-order valence-electron chi connectivity index (χ1n) is 6.74. The topological polar surface area (TPSA) is 95.6 Å². The van der Waals surface area contributed by atoms with E-state index >= 15 is 0 Å². The van der Waals surface area contributed by atoms with Gasteiger partial charge in [-0.1, -0.05) is 0 Å². The Morgan fingerprint density at radius 1 is 1.18 bits per heavy atom. The summed E-state index contributed by atoms with van der Waals surface area (Å²) in [6, 6.07) is 6.16. The van der Waals surface area contributed by atoms with Crippen LogP contribution in [0, 0.1) is 0 Å². The average Bonchev–Trinajstić information content (AvgIpc) is 2.34. The van der Waals surface area contributed by atoms with Crippen molar-refractivity contribution < 1.29 is 18.0 Å². The fraction of sp³-hybridized carbons (Fsp3) is 0.429. The lowest BCUT2D eigenvalue weighted by atomic mass is 10.2. The molecule has 0 atom stereocenters. The number of hydrogen-bond acceptors (Lipinski definition) is 4. The Balaban J connectivity index is 2.98. The maximum Gasteiger partial charge on any atom is 0.240 e. The van der Waals surface area contributed by atoms with Gasteiger partial charge in [0, 0.05) is 18.7 Å². The van der Waals surface area contributed by atoms with Gasteiger partial charge in [-0.15, -0.1) is 0 Å². The molecule has 1 rings (SSSR count). The Morgan fingerprint density at radius 2 is 1.73 bits per heavy atom. The third-order valence-corrected chi connectivity index (χ3v) is 3.75. The Morgan fingerprint density at radius 3 is 2.14 bits per heavy atom. The van der Waals surface area contributed by atoms with Crippen LogP contribution in [-0.4, -0.2) is 39.1 Å². The number of benzene rings is 1. The van der Waals surface area contributed by atoms with Gasteiger partial charge in [0.05, 0.1) is 11.9 Å². The van der Waals surface area contributed by atoms with Crippen LogP contribution in [0.4, 0.5) is 11.4 Å². The van der Waals surface area contributed by atoms with Crippen molar-refractivity contribution in [2.45, 2.75) is 26.8 Å². The van der Waals surface area contributed by atoms with Gasteiger partial charge in [-0.25, -0.2) is 8.42 Å². The van der Waals surface area contributed by atoms with E-state index in [1.54, 1.807) is 26.0 Å². The number of rotatable bonds is 6. The van der Waals surface area contributed by atoms with E-state index in [0.717, 1.165) is 10.6 Å². The molecular formula is C14H21N3O4S. The molecule has 0 spiro atoms.